The van der Waals surface area contributed by atoms with E-state index in [4.69, 9.17) is 0 Å². The lowest BCUT2D eigenvalue weighted by Crippen LogP contribution is -2.21. The van der Waals surface area contributed by atoms with E-state index >= 15 is 0 Å². The minimum Gasteiger partial charge on any atom is -0.508 e. The Labute approximate surface area is 179 Å². The molecule has 7 heteroatoms. The van der Waals surface area contributed by atoms with E-state index in [9.17, 15) is 14.7 Å². The molecule has 0 aliphatic carbocycles. The van der Waals surface area contributed by atoms with Crippen LogP contribution in [0.3, 0.4) is 0 Å². The number of carbonyl (C=O) groups is 2. The molecule has 3 aromatic rings. The molecule has 0 radical (unpaired) electrons. The van der Waals surface area contributed by atoms with Gasteiger partial charge in [0.05, 0.1) is 17.7 Å². The van der Waals surface area contributed by atoms with Gasteiger partial charge in [-0.15, -0.1) is 11.3 Å². The smallest absolute Gasteiger partial charge is 0.256 e. The van der Waals surface area contributed by atoms with Crippen LogP contribution in [-0.4, -0.2) is 22.6 Å². The van der Waals surface area contributed by atoms with Gasteiger partial charge in [-0.05, 0) is 54.8 Å². The average Bonchev–Trinajstić information content (AvgIpc) is 3.24. The first-order chi connectivity index (χ1) is 14.4. The van der Waals surface area contributed by atoms with E-state index in [0.717, 1.165) is 17.5 Å². The summed E-state index contributed by atoms with van der Waals surface area (Å²) in [5.41, 5.74) is 6.16. The van der Waals surface area contributed by atoms with Crippen molar-refractivity contribution in [3.05, 3.63) is 81.5 Å². The number of hydrogen-bond donors (Lipinski definition) is 3. The summed E-state index contributed by atoms with van der Waals surface area (Å²) in [5.74, 6) is -0.217. The zero-order valence-electron chi connectivity index (χ0n) is 16.8. The van der Waals surface area contributed by atoms with Crippen LogP contribution in [0.4, 0.5) is 5.69 Å². The molecular weight excluding hydrogens is 398 g/mol. The van der Waals surface area contributed by atoms with E-state index < -0.39 is 0 Å². The van der Waals surface area contributed by atoms with Crippen molar-refractivity contribution >= 4 is 34.6 Å². The summed E-state index contributed by atoms with van der Waals surface area (Å²) in [6, 6.07) is 15.7. The van der Waals surface area contributed by atoms with Gasteiger partial charge in [0.1, 0.15) is 5.75 Å². The summed E-state index contributed by atoms with van der Waals surface area (Å²) < 4.78 is 0. The van der Waals surface area contributed by atoms with Crippen molar-refractivity contribution in [2.45, 2.75) is 26.7 Å². The highest BCUT2D eigenvalue weighted by Crippen LogP contribution is 2.17. The third-order valence-electron chi connectivity index (χ3n) is 4.47. The molecule has 0 spiro atoms. The van der Waals surface area contributed by atoms with Crippen LogP contribution in [0.5, 0.6) is 5.75 Å². The third-order valence-corrected chi connectivity index (χ3v) is 5.56. The molecule has 30 heavy (non-hydrogen) atoms. The van der Waals surface area contributed by atoms with Gasteiger partial charge < -0.3 is 10.4 Å². The number of thiophene rings is 1. The van der Waals surface area contributed by atoms with Crippen molar-refractivity contribution in [3.63, 3.8) is 0 Å². The zero-order chi connectivity index (χ0) is 21.5. The maximum absolute atomic E-state index is 12.3. The van der Waals surface area contributed by atoms with Crippen molar-refractivity contribution in [2.75, 3.05) is 5.32 Å². The van der Waals surface area contributed by atoms with Crippen LogP contribution >= 0.6 is 11.3 Å². The molecule has 3 rings (SSSR count). The summed E-state index contributed by atoms with van der Waals surface area (Å²) >= 11 is 1.58. The molecule has 0 atom stereocenters. The molecular formula is C23H23N3O3S. The Morgan fingerprint density at radius 2 is 1.73 bits per heavy atom. The Hall–Kier alpha value is -3.45. The molecule has 3 N–H and O–H groups in total. The van der Waals surface area contributed by atoms with Crippen molar-refractivity contribution in [2.24, 2.45) is 5.10 Å². The summed E-state index contributed by atoms with van der Waals surface area (Å²) in [7, 11) is 0. The van der Waals surface area contributed by atoms with E-state index in [1.165, 1.54) is 4.88 Å². The van der Waals surface area contributed by atoms with Crippen LogP contribution in [0, 0.1) is 0 Å². The first-order valence-corrected chi connectivity index (χ1v) is 10.4. The maximum Gasteiger partial charge on any atom is 0.256 e. The van der Waals surface area contributed by atoms with Gasteiger partial charge in [0, 0.05) is 15.9 Å². The summed E-state index contributed by atoms with van der Waals surface area (Å²) in [5, 5.41) is 18.2. The standard InChI is InChI=1S/C23H23N3O3S/c1-3-21-13-18(14-30-21)23(29)24-19-8-6-17(7-9-19)15(2)25-26-22(28)12-16-4-10-20(27)11-5-16/h4-11,13-14,27H,3,12H2,1-2H3,(H,24,29)(H,26,28). The van der Waals surface area contributed by atoms with Gasteiger partial charge in [0.25, 0.3) is 5.91 Å². The van der Waals surface area contributed by atoms with Crippen LogP contribution in [0.1, 0.15) is 40.2 Å². The second-order valence-corrected chi connectivity index (χ2v) is 7.76. The number of aromatic hydroxyl groups is 1. The van der Waals surface area contributed by atoms with Crippen molar-refractivity contribution in [3.8, 4) is 5.75 Å². The Morgan fingerprint density at radius 1 is 1.03 bits per heavy atom. The average molecular weight is 422 g/mol. The van der Waals surface area contributed by atoms with Gasteiger partial charge in [-0.1, -0.05) is 31.2 Å². The molecule has 1 aromatic heterocycles. The summed E-state index contributed by atoms with van der Waals surface area (Å²) in [6.07, 6.45) is 1.08. The third kappa shape index (κ3) is 5.78. The Balaban J connectivity index is 1.55. The molecule has 0 saturated heterocycles. The van der Waals surface area contributed by atoms with Crippen LogP contribution in [0.25, 0.3) is 0 Å². The molecule has 2 aromatic carbocycles. The largest absolute Gasteiger partial charge is 0.508 e. The van der Waals surface area contributed by atoms with Gasteiger partial charge in [0.15, 0.2) is 0 Å². The number of phenols is 1. The monoisotopic (exact) mass is 421 g/mol. The normalized spacial score (nSPS) is 11.2. The summed E-state index contributed by atoms with van der Waals surface area (Å²) in [4.78, 5) is 25.5. The fourth-order valence-electron chi connectivity index (χ4n) is 2.73. The minimum atomic E-state index is -0.244. The van der Waals surface area contributed by atoms with Gasteiger partial charge in [-0.25, -0.2) is 5.43 Å². The first-order valence-electron chi connectivity index (χ1n) is 9.55. The molecule has 2 amide bonds. The Morgan fingerprint density at radius 3 is 2.37 bits per heavy atom. The van der Waals surface area contributed by atoms with Gasteiger partial charge in [-0.2, -0.15) is 5.10 Å². The van der Waals surface area contributed by atoms with Crippen molar-refractivity contribution in [1.82, 2.24) is 5.43 Å². The predicted octanol–water partition coefficient (Wildman–Crippen LogP) is 4.35. The molecule has 0 fully saturated rings. The van der Waals surface area contributed by atoms with E-state index in [0.29, 0.717) is 17.0 Å². The maximum atomic E-state index is 12.3. The number of rotatable bonds is 7. The number of nitrogens with one attached hydrogen (secondary N) is 2. The number of nitrogens with zero attached hydrogens (tertiary/aromatic N) is 1. The lowest BCUT2D eigenvalue weighted by Gasteiger charge is -2.06. The summed E-state index contributed by atoms with van der Waals surface area (Å²) in [6.45, 7) is 3.86. The Bertz CT molecular complexity index is 1050. The van der Waals surface area contributed by atoms with Crippen LogP contribution in [0.2, 0.25) is 0 Å². The van der Waals surface area contributed by atoms with Crippen molar-refractivity contribution < 1.29 is 14.7 Å². The first kappa shape index (κ1) is 21.3. The molecule has 0 bridgehead atoms. The van der Waals surface area contributed by atoms with Crippen LogP contribution in [-0.2, 0) is 17.6 Å². The van der Waals surface area contributed by atoms with Crippen LogP contribution in [0.15, 0.2) is 65.1 Å². The fourth-order valence-corrected chi connectivity index (χ4v) is 3.55. The molecule has 1 heterocycles. The minimum absolute atomic E-state index is 0.134. The molecule has 0 unspecified atom stereocenters. The van der Waals surface area contributed by atoms with Crippen molar-refractivity contribution in [1.29, 1.82) is 0 Å². The number of benzene rings is 2. The number of aryl methyl sites for hydroxylation is 1. The highest BCUT2D eigenvalue weighted by Gasteiger charge is 2.09. The second kappa shape index (κ2) is 9.84. The van der Waals surface area contributed by atoms with E-state index in [1.54, 1.807) is 54.7 Å². The van der Waals surface area contributed by atoms with E-state index in [-0.39, 0.29) is 24.0 Å². The number of amides is 2. The molecule has 0 aliphatic rings. The highest BCUT2D eigenvalue weighted by molar-refractivity contribution is 7.10. The molecule has 154 valence electrons. The van der Waals surface area contributed by atoms with Gasteiger partial charge in [0.2, 0.25) is 5.91 Å². The topological polar surface area (TPSA) is 90.8 Å². The number of anilines is 1. The second-order valence-electron chi connectivity index (χ2n) is 6.76. The zero-order valence-corrected chi connectivity index (χ0v) is 17.6. The molecule has 0 saturated carbocycles. The predicted molar refractivity (Wildman–Crippen MR) is 120 cm³/mol. The van der Waals surface area contributed by atoms with Crippen LogP contribution < -0.4 is 10.7 Å². The quantitative estimate of drug-likeness (QED) is 0.391. The SMILES string of the molecule is CCc1cc(C(=O)Nc2ccc(C(C)=NNC(=O)Cc3ccc(O)cc3)cc2)cs1. The highest BCUT2D eigenvalue weighted by atomic mass is 32.1. The Kier molecular flexibility index (Phi) is 6.98. The number of phenolic OH excluding ortho intramolecular Hbond substituents is 1. The fraction of sp³-hybridized carbons (Fsp3) is 0.174. The lowest BCUT2D eigenvalue weighted by atomic mass is 10.1. The molecule has 0 aliphatic heterocycles. The lowest BCUT2D eigenvalue weighted by molar-refractivity contribution is -0.120. The van der Waals surface area contributed by atoms with E-state index in [1.807, 2.05) is 23.6 Å². The number of carbonyl (C=O) groups excluding carboxylic acids is 2. The number of hydrogen-bond acceptors (Lipinski definition) is 5. The van der Waals surface area contributed by atoms with Gasteiger partial charge in [-0.3, -0.25) is 9.59 Å². The number of hydrazone groups is 1. The molecule has 6 nitrogen and oxygen atoms in total. The van der Waals surface area contributed by atoms with E-state index in [2.05, 4.69) is 22.8 Å². The van der Waals surface area contributed by atoms with Gasteiger partial charge >= 0.3 is 0 Å².